The van der Waals surface area contributed by atoms with E-state index in [4.69, 9.17) is 10.2 Å². The molecule has 4 nitrogen and oxygen atoms in total. The molecule has 0 unspecified atom stereocenters. The summed E-state index contributed by atoms with van der Waals surface area (Å²) in [7, 11) is 0. The third-order valence-electron chi connectivity index (χ3n) is 2.01. The normalized spacial score (nSPS) is 10.7. The van der Waals surface area contributed by atoms with Crippen molar-refractivity contribution in [3.05, 3.63) is 34.3 Å². The van der Waals surface area contributed by atoms with Gasteiger partial charge in [0, 0.05) is 5.56 Å². The van der Waals surface area contributed by atoms with Crippen LogP contribution in [0.1, 0.15) is 11.3 Å². The Morgan fingerprint density at radius 1 is 1.57 bits per heavy atom. The summed E-state index contributed by atoms with van der Waals surface area (Å²) >= 11 is 3.24. The van der Waals surface area contributed by atoms with Crippen LogP contribution in [0.2, 0.25) is 0 Å². The number of nitrogens with zero attached hydrogens (tertiary/aromatic N) is 2. The third-order valence-corrected chi connectivity index (χ3v) is 2.43. The first-order chi connectivity index (χ1) is 6.66. The summed E-state index contributed by atoms with van der Waals surface area (Å²) < 4.78 is 7.78. The lowest BCUT2D eigenvalue weighted by Gasteiger charge is -2.01. The van der Waals surface area contributed by atoms with E-state index in [9.17, 15) is 0 Å². The van der Waals surface area contributed by atoms with Crippen molar-refractivity contribution in [1.29, 1.82) is 0 Å². The highest BCUT2D eigenvalue weighted by atomic mass is 79.9. The Balaban J connectivity index is 2.22. The van der Waals surface area contributed by atoms with Crippen LogP contribution < -0.4 is 5.73 Å². The molecular formula is C9H10BrN3O. The minimum absolute atomic E-state index is 0.561. The van der Waals surface area contributed by atoms with E-state index in [2.05, 4.69) is 21.0 Å². The molecular weight excluding hydrogens is 246 g/mol. The summed E-state index contributed by atoms with van der Waals surface area (Å²) in [6, 6.07) is 3.74. The lowest BCUT2D eigenvalue weighted by molar-refractivity contribution is 0.464. The number of furan rings is 1. The highest BCUT2D eigenvalue weighted by Gasteiger charge is 2.06. The van der Waals surface area contributed by atoms with Gasteiger partial charge in [0.15, 0.2) is 4.67 Å². The number of aryl methyl sites for hydroxylation is 1. The van der Waals surface area contributed by atoms with Crippen LogP contribution >= 0.6 is 15.9 Å². The van der Waals surface area contributed by atoms with E-state index in [0.717, 1.165) is 16.0 Å². The van der Waals surface area contributed by atoms with Gasteiger partial charge in [0.25, 0.3) is 0 Å². The van der Waals surface area contributed by atoms with Crippen LogP contribution in [0.4, 0.5) is 5.82 Å². The van der Waals surface area contributed by atoms with Gasteiger partial charge in [-0.3, -0.25) is 0 Å². The molecule has 0 aromatic carbocycles. The maximum absolute atomic E-state index is 5.80. The average molecular weight is 256 g/mol. The molecule has 0 aliphatic carbocycles. The Hall–Kier alpha value is -1.23. The van der Waals surface area contributed by atoms with Gasteiger partial charge >= 0.3 is 0 Å². The summed E-state index contributed by atoms with van der Waals surface area (Å²) in [6.45, 7) is 2.49. The van der Waals surface area contributed by atoms with Gasteiger partial charge in [-0.25, -0.2) is 4.68 Å². The lowest BCUT2D eigenvalue weighted by Crippen LogP contribution is -2.05. The molecule has 0 bridgehead atoms. The second-order valence-electron chi connectivity index (χ2n) is 3.08. The van der Waals surface area contributed by atoms with Crippen LogP contribution in [0.15, 0.2) is 27.4 Å². The molecule has 0 saturated carbocycles. The molecule has 0 saturated heterocycles. The van der Waals surface area contributed by atoms with Crippen LogP contribution in [-0.2, 0) is 6.54 Å². The number of rotatable bonds is 2. The van der Waals surface area contributed by atoms with E-state index < -0.39 is 0 Å². The van der Waals surface area contributed by atoms with E-state index >= 15 is 0 Å². The van der Waals surface area contributed by atoms with E-state index in [1.807, 2.05) is 19.1 Å². The lowest BCUT2D eigenvalue weighted by atomic mass is 10.4. The van der Waals surface area contributed by atoms with Gasteiger partial charge in [0.1, 0.15) is 18.1 Å². The van der Waals surface area contributed by atoms with Crippen LogP contribution in [-0.4, -0.2) is 9.78 Å². The summed E-state index contributed by atoms with van der Waals surface area (Å²) in [5, 5.41) is 4.14. The Morgan fingerprint density at radius 3 is 2.86 bits per heavy atom. The summed E-state index contributed by atoms with van der Waals surface area (Å²) in [4.78, 5) is 0. The number of aromatic nitrogens is 2. The second-order valence-corrected chi connectivity index (χ2v) is 3.86. The monoisotopic (exact) mass is 255 g/mol. The average Bonchev–Trinajstić information content (AvgIpc) is 2.67. The predicted octanol–water partition coefficient (Wildman–Crippen LogP) is 2.18. The zero-order chi connectivity index (χ0) is 10.1. The van der Waals surface area contributed by atoms with Crippen LogP contribution in [0.25, 0.3) is 0 Å². The van der Waals surface area contributed by atoms with E-state index in [1.165, 1.54) is 0 Å². The highest BCUT2D eigenvalue weighted by molar-refractivity contribution is 9.10. The predicted molar refractivity (Wildman–Crippen MR) is 56.9 cm³/mol. The Labute approximate surface area is 89.8 Å². The third kappa shape index (κ3) is 1.68. The van der Waals surface area contributed by atoms with Crippen molar-refractivity contribution in [2.75, 3.05) is 5.73 Å². The van der Waals surface area contributed by atoms with Gasteiger partial charge in [-0.2, -0.15) is 5.10 Å². The largest absolute Gasteiger partial charge is 0.452 e. The van der Waals surface area contributed by atoms with Crippen LogP contribution in [0.3, 0.4) is 0 Å². The zero-order valence-corrected chi connectivity index (χ0v) is 9.28. The van der Waals surface area contributed by atoms with Crippen molar-refractivity contribution in [3.63, 3.8) is 0 Å². The van der Waals surface area contributed by atoms with Crippen LogP contribution in [0.5, 0.6) is 0 Å². The first-order valence-corrected chi connectivity index (χ1v) is 4.98. The Morgan fingerprint density at radius 2 is 2.36 bits per heavy atom. The van der Waals surface area contributed by atoms with E-state index in [-0.39, 0.29) is 0 Å². The molecule has 0 aliphatic rings. The van der Waals surface area contributed by atoms with Gasteiger partial charge < -0.3 is 10.2 Å². The number of anilines is 1. The van der Waals surface area contributed by atoms with Gasteiger partial charge in [-0.1, -0.05) is 0 Å². The second kappa shape index (κ2) is 3.49. The number of hydrogen-bond acceptors (Lipinski definition) is 3. The zero-order valence-electron chi connectivity index (χ0n) is 7.70. The quantitative estimate of drug-likeness (QED) is 0.895. The van der Waals surface area contributed by atoms with Crippen molar-refractivity contribution in [2.24, 2.45) is 0 Å². The van der Waals surface area contributed by atoms with Crippen molar-refractivity contribution < 1.29 is 4.42 Å². The fourth-order valence-electron chi connectivity index (χ4n) is 1.20. The summed E-state index contributed by atoms with van der Waals surface area (Å²) in [6.07, 6.45) is 1.74. The van der Waals surface area contributed by atoms with Crippen LogP contribution in [0, 0.1) is 6.92 Å². The fraction of sp³-hybridized carbons (Fsp3) is 0.222. The molecule has 5 heteroatoms. The SMILES string of the molecule is Cc1cnn(Cc2ccc(Br)o2)c1N. The molecule has 2 aromatic rings. The standard InChI is InChI=1S/C9H10BrN3O/c1-6-4-12-13(9(6)11)5-7-2-3-8(10)14-7/h2-4H,5,11H2,1H3. The molecule has 2 heterocycles. The van der Waals surface area contributed by atoms with Gasteiger partial charge in [-0.05, 0) is 35.0 Å². The maximum atomic E-state index is 5.80. The molecule has 2 aromatic heterocycles. The molecule has 0 radical (unpaired) electrons. The summed E-state index contributed by atoms with van der Waals surface area (Å²) in [5.74, 6) is 1.50. The first kappa shape index (κ1) is 9.33. The van der Waals surface area contributed by atoms with Crippen molar-refractivity contribution in [1.82, 2.24) is 9.78 Å². The minimum Gasteiger partial charge on any atom is -0.452 e. The number of nitrogens with two attached hydrogens (primary N) is 1. The number of halogens is 1. The Kier molecular flexibility index (Phi) is 2.33. The first-order valence-electron chi connectivity index (χ1n) is 4.19. The molecule has 74 valence electrons. The maximum Gasteiger partial charge on any atom is 0.169 e. The molecule has 14 heavy (non-hydrogen) atoms. The van der Waals surface area contributed by atoms with Crippen molar-refractivity contribution in [3.8, 4) is 0 Å². The molecule has 2 N–H and O–H groups in total. The van der Waals surface area contributed by atoms with Gasteiger partial charge in [0.05, 0.1) is 6.20 Å². The van der Waals surface area contributed by atoms with E-state index in [0.29, 0.717) is 12.4 Å². The highest BCUT2D eigenvalue weighted by Crippen LogP contribution is 2.17. The number of nitrogen functional groups attached to an aromatic ring is 1. The fourth-order valence-corrected chi connectivity index (χ4v) is 1.54. The molecule has 0 spiro atoms. The van der Waals surface area contributed by atoms with Gasteiger partial charge in [-0.15, -0.1) is 0 Å². The molecule has 0 fully saturated rings. The smallest absolute Gasteiger partial charge is 0.169 e. The van der Waals surface area contributed by atoms with Crippen molar-refractivity contribution >= 4 is 21.7 Å². The summed E-state index contributed by atoms with van der Waals surface area (Å²) in [5.41, 5.74) is 6.79. The topological polar surface area (TPSA) is 57.0 Å². The Bertz CT molecular complexity index is 447. The van der Waals surface area contributed by atoms with E-state index in [1.54, 1.807) is 10.9 Å². The minimum atomic E-state index is 0.561. The molecule has 2 rings (SSSR count). The van der Waals surface area contributed by atoms with Crippen molar-refractivity contribution in [2.45, 2.75) is 13.5 Å². The number of hydrogen-bond donors (Lipinski definition) is 1. The van der Waals surface area contributed by atoms with Gasteiger partial charge in [0.2, 0.25) is 0 Å². The molecule has 0 atom stereocenters. The molecule has 0 amide bonds. The molecule has 0 aliphatic heterocycles.